The van der Waals surface area contributed by atoms with E-state index >= 15 is 0 Å². The Kier molecular flexibility index (Phi) is 1.64. The lowest BCUT2D eigenvalue weighted by Gasteiger charge is -1.97. The summed E-state index contributed by atoms with van der Waals surface area (Å²) in [5.41, 5.74) is 0.435. The van der Waals surface area contributed by atoms with Gasteiger partial charge in [-0.2, -0.15) is 8.42 Å². The third-order valence-electron chi connectivity index (χ3n) is 1.83. The van der Waals surface area contributed by atoms with Gasteiger partial charge in [-0.1, -0.05) is 12.1 Å². The van der Waals surface area contributed by atoms with E-state index in [1.807, 2.05) is 0 Å². The fraction of sp³-hybridized carbons (Fsp3) is 0. The molecule has 1 aromatic heterocycles. The van der Waals surface area contributed by atoms with E-state index in [-0.39, 0.29) is 4.90 Å². The molecule has 2 rings (SSSR count). The fourth-order valence-corrected chi connectivity index (χ4v) is 1.96. The highest BCUT2D eigenvalue weighted by molar-refractivity contribution is 7.86. The second-order valence-electron chi connectivity index (χ2n) is 2.67. The predicted molar refractivity (Wildman–Crippen MR) is 48.1 cm³/mol. The molecule has 4 nitrogen and oxygen atoms in total. The van der Waals surface area contributed by atoms with Crippen LogP contribution in [0.15, 0.2) is 35.4 Å². The van der Waals surface area contributed by atoms with E-state index in [1.165, 1.54) is 6.07 Å². The Morgan fingerprint density at radius 3 is 2.69 bits per heavy atom. The van der Waals surface area contributed by atoms with E-state index in [0.29, 0.717) is 5.52 Å². The van der Waals surface area contributed by atoms with Crippen LogP contribution in [0.25, 0.3) is 10.9 Å². The van der Waals surface area contributed by atoms with E-state index in [0.717, 1.165) is 5.39 Å². The molecule has 5 heteroatoms. The molecule has 1 heterocycles. The Labute approximate surface area is 75.0 Å². The van der Waals surface area contributed by atoms with Crippen molar-refractivity contribution in [3.05, 3.63) is 30.5 Å². The zero-order valence-corrected chi connectivity index (χ0v) is 7.38. The second kappa shape index (κ2) is 2.58. The number of benzene rings is 1. The van der Waals surface area contributed by atoms with Gasteiger partial charge in [0.1, 0.15) is 4.90 Å². The maximum atomic E-state index is 10.9. The van der Waals surface area contributed by atoms with Gasteiger partial charge in [0, 0.05) is 11.6 Å². The largest absolute Gasteiger partial charge is 0.360 e. The molecule has 13 heavy (non-hydrogen) atoms. The van der Waals surface area contributed by atoms with Gasteiger partial charge in [-0.05, 0) is 12.1 Å². The number of para-hydroxylation sites is 1. The number of hydrogen-bond acceptors (Lipinski definition) is 2. The van der Waals surface area contributed by atoms with Crippen LogP contribution in [0.4, 0.5) is 0 Å². The van der Waals surface area contributed by atoms with Gasteiger partial charge in [0.15, 0.2) is 0 Å². The van der Waals surface area contributed by atoms with E-state index < -0.39 is 10.1 Å². The molecule has 0 saturated carbocycles. The van der Waals surface area contributed by atoms with Crippen LogP contribution >= 0.6 is 0 Å². The van der Waals surface area contributed by atoms with Gasteiger partial charge in [-0.15, -0.1) is 0 Å². The van der Waals surface area contributed by atoms with Crippen molar-refractivity contribution < 1.29 is 13.0 Å². The Morgan fingerprint density at radius 2 is 2.00 bits per heavy atom. The average molecular weight is 197 g/mol. The van der Waals surface area contributed by atoms with Gasteiger partial charge in [-0.3, -0.25) is 4.55 Å². The lowest BCUT2D eigenvalue weighted by molar-refractivity contribution is 0.484. The summed E-state index contributed by atoms with van der Waals surface area (Å²) in [4.78, 5) is 2.67. The first-order chi connectivity index (χ1) is 6.09. The summed E-state index contributed by atoms with van der Waals surface area (Å²) in [6, 6.07) is 6.44. The molecule has 0 aliphatic rings. The van der Waals surface area contributed by atoms with Crippen molar-refractivity contribution in [1.82, 2.24) is 4.98 Å². The molecular weight excluding hydrogens is 190 g/mol. The molecule has 0 bridgehead atoms. The second-order valence-corrected chi connectivity index (χ2v) is 4.06. The number of nitrogens with one attached hydrogen (secondary N) is 1. The third-order valence-corrected chi connectivity index (χ3v) is 2.72. The van der Waals surface area contributed by atoms with Crippen LogP contribution in [0, 0.1) is 0 Å². The van der Waals surface area contributed by atoms with Crippen molar-refractivity contribution in [3.63, 3.8) is 0 Å². The van der Waals surface area contributed by atoms with E-state index in [9.17, 15) is 8.42 Å². The zero-order valence-electron chi connectivity index (χ0n) is 6.56. The molecule has 0 atom stereocenters. The van der Waals surface area contributed by atoms with Crippen molar-refractivity contribution in [2.24, 2.45) is 0 Å². The number of fused-ring (bicyclic) bond motifs is 1. The fourth-order valence-electron chi connectivity index (χ4n) is 1.27. The lowest BCUT2D eigenvalue weighted by Crippen LogP contribution is -1.98. The van der Waals surface area contributed by atoms with Gasteiger partial charge in [0.25, 0.3) is 10.1 Å². The molecule has 2 aromatic rings. The minimum Gasteiger partial charge on any atom is -0.360 e. The molecule has 0 amide bonds. The molecule has 68 valence electrons. The lowest BCUT2D eigenvalue weighted by atomic mass is 10.2. The first-order valence-electron chi connectivity index (χ1n) is 3.62. The summed E-state index contributed by atoms with van der Waals surface area (Å²) in [5, 5.41) is 0.759. The van der Waals surface area contributed by atoms with Crippen LogP contribution in [-0.2, 0) is 10.1 Å². The van der Waals surface area contributed by atoms with Gasteiger partial charge >= 0.3 is 0 Å². The normalized spacial score (nSPS) is 12.1. The van der Waals surface area contributed by atoms with Crippen LogP contribution < -0.4 is 0 Å². The monoisotopic (exact) mass is 197 g/mol. The average Bonchev–Trinajstić information content (AvgIpc) is 2.48. The zero-order chi connectivity index (χ0) is 9.47. The summed E-state index contributed by atoms with van der Waals surface area (Å²) < 4.78 is 30.6. The highest BCUT2D eigenvalue weighted by atomic mass is 32.2. The minimum atomic E-state index is -4.13. The maximum absolute atomic E-state index is 10.9. The summed E-state index contributed by atoms with van der Waals surface area (Å²) in [7, 11) is -4.13. The first kappa shape index (κ1) is 8.28. The summed E-state index contributed by atoms with van der Waals surface area (Å²) in [6.45, 7) is 0. The Bertz CT molecular complexity index is 541. The van der Waals surface area contributed by atoms with Gasteiger partial charge in [0.2, 0.25) is 0 Å². The molecule has 0 unspecified atom stereocenters. The van der Waals surface area contributed by atoms with E-state index in [1.54, 1.807) is 24.4 Å². The molecule has 0 saturated heterocycles. The maximum Gasteiger partial charge on any atom is 0.296 e. The Hall–Kier alpha value is -1.33. The summed E-state index contributed by atoms with van der Waals surface area (Å²) in [5.74, 6) is 0. The van der Waals surface area contributed by atoms with Gasteiger partial charge in [-0.25, -0.2) is 0 Å². The van der Waals surface area contributed by atoms with Crippen molar-refractivity contribution in [2.75, 3.05) is 0 Å². The molecular formula is C8H7NO3S. The number of H-pyrrole nitrogens is 1. The Morgan fingerprint density at radius 1 is 1.23 bits per heavy atom. The first-order valence-corrected chi connectivity index (χ1v) is 5.06. The molecule has 0 aliphatic heterocycles. The minimum absolute atomic E-state index is 0.0880. The number of rotatable bonds is 1. The number of hydrogen-bond donors (Lipinski definition) is 2. The van der Waals surface area contributed by atoms with Crippen LogP contribution in [0.3, 0.4) is 0 Å². The quantitative estimate of drug-likeness (QED) is 0.679. The molecule has 0 radical (unpaired) electrons. The molecule has 0 spiro atoms. The van der Waals surface area contributed by atoms with Crippen LogP contribution in [0.1, 0.15) is 0 Å². The number of aromatic amines is 1. The number of aromatic nitrogens is 1. The highest BCUT2D eigenvalue weighted by Gasteiger charge is 2.13. The smallest absolute Gasteiger partial charge is 0.296 e. The van der Waals surface area contributed by atoms with Crippen LogP contribution in [0.5, 0.6) is 0 Å². The molecule has 0 aliphatic carbocycles. The van der Waals surface area contributed by atoms with Crippen LogP contribution in [-0.4, -0.2) is 18.0 Å². The molecule has 0 fully saturated rings. The van der Waals surface area contributed by atoms with E-state index in [2.05, 4.69) is 4.98 Å². The van der Waals surface area contributed by atoms with Gasteiger partial charge < -0.3 is 4.98 Å². The third kappa shape index (κ3) is 1.32. The molecule has 1 aromatic carbocycles. The highest BCUT2D eigenvalue weighted by Crippen LogP contribution is 2.20. The Balaban J connectivity index is 2.91. The van der Waals surface area contributed by atoms with E-state index in [4.69, 9.17) is 4.55 Å². The summed E-state index contributed by atoms with van der Waals surface area (Å²) >= 11 is 0. The SMILES string of the molecule is O=S(=O)(O)c1cccc2cc[nH]c12. The predicted octanol–water partition coefficient (Wildman–Crippen LogP) is 1.41. The van der Waals surface area contributed by atoms with Crippen molar-refractivity contribution in [2.45, 2.75) is 4.90 Å². The van der Waals surface area contributed by atoms with Crippen molar-refractivity contribution in [3.8, 4) is 0 Å². The van der Waals surface area contributed by atoms with Crippen molar-refractivity contribution in [1.29, 1.82) is 0 Å². The van der Waals surface area contributed by atoms with Crippen LogP contribution in [0.2, 0.25) is 0 Å². The topological polar surface area (TPSA) is 70.2 Å². The van der Waals surface area contributed by atoms with Crippen molar-refractivity contribution >= 4 is 21.0 Å². The summed E-state index contributed by atoms with van der Waals surface area (Å²) in [6.07, 6.45) is 1.62. The molecule has 2 N–H and O–H groups in total. The van der Waals surface area contributed by atoms with Gasteiger partial charge in [0.05, 0.1) is 5.52 Å². The standard InChI is InChI=1S/C8H7NO3S/c10-13(11,12)7-3-1-2-6-4-5-9-8(6)7/h1-5,9H,(H,10,11,12).